The summed E-state index contributed by atoms with van der Waals surface area (Å²) in [4.78, 5) is 24.0. The van der Waals surface area contributed by atoms with Gasteiger partial charge in [0.05, 0.1) is 27.2 Å². The van der Waals surface area contributed by atoms with Crippen LogP contribution in [0.3, 0.4) is 0 Å². The summed E-state index contributed by atoms with van der Waals surface area (Å²) in [5, 5.41) is 3.97. The molecular formula is C23H21FN4OS. The summed E-state index contributed by atoms with van der Waals surface area (Å²) < 4.78 is 14.2. The van der Waals surface area contributed by atoms with E-state index in [9.17, 15) is 9.18 Å². The predicted octanol–water partition coefficient (Wildman–Crippen LogP) is 5.12. The van der Waals surface area contributed by atoms with Gasteiger partial charge in [0, 0.05) is 17.8 Å². The van der Waals surface area contributed by atoms with Crippen molar-refractivity contribution >= 4 is 33.1 Å². The molecule has 5 nitrogen and oxygen atoms in total. The monoisotopic (exact) mass is 420 g/mol. The molecule has 2 heterocycles. The van der Waals surface area contributed by atoms with Crippen LogP contribution >= 0.6 is 11.3 Å². The fourth-order valence-corrected chi connectivity index (χ4v) is 4.24. The molecule has 1 amide bonds. The Labute approximate surface area is 178 Å². The molecule has 0 radical (unpaired) electrons. The summed E-state index contributed by atoms with van der Waals surface area (Å²) in [6, 6.07) is 15.4. The Balaban J connectivity index is 1.53. The fraction of sp³-hybridized carbons (Fsp3) is 0.174. The zero-order chi connectivity index (χ0) is 21.3. The van der Waals surface area contributed by atoms with E-state index in [1.807, 2.05) is 32.3 Å². The molecule has 2 aromatic heterocycles. The number of hydrogen-bond acceptors (Lipinski definition) is 5. The van der Waals surface area contributed by atoms with E-state index >= 15 is 0 Å². The maximum atomic E-state index is 13.1. The van der Waals surface area contributed by atoms with Crippen molar-refractivity contribution in [3.8, 4) is 11.3 Å². The van der Waals surface area contributed by atoms with Crippen molar-refractivity contribution in [3.63, 3.8) is 0 Å². The molecule has 0 aliphatic rings. The van der Waals surface area contributed by atoms with Crippen LogP contribution in [0.4, 0.5) is 10.1 Å². The summed E-state index contributed by atoms with van der Waals surface area (Å²) in [5.41, 5.74) is 4.16. The van der Waals surface area contributed by atoms with E-state index in [0.29, 0.717) is 22.6 Å². The number of hydrogen-bond donors (Lipinski definition) is 1. The molecule has 0 saturated carbocycles. The lowest BCUT2D eigenvalue weighted by molar-refractivity contribution is 0.102. The SMILES string of the molecule is Cc1nc(-c2ccc(F)cc2)ccc1C(=O)Nc1ccc2sc(CN(C)C)nc2c1. The molecule has 0 bridgehead atoms. The van der Waals surface area contributed by atoms with Gasteiger partial charge in [-0.25, -0.2) is 9.37 Å². The van der Waals surface area contributed by atoms with Crippen molar-refractivity contribution in [3.05, 3.63) is 76.7 Å². The highest BCUT2D eigenvalue weighted by Gasteiger charge is 2.13. The number of carbonyl (C=O) groups excluding carboxylic acids is 1. The number of nitrogens with zero attached hydrogens (tertiary/aromatic N) is 3. The number of benzene rings is 2. The topological polar surface area (TPSA) is 58.1 Å². The van der Waals surface area contributed by atoms with E-state index in [0.717, 1.165) is 27.3 Å². The Kier molecular flexibility index (Phi) is 5.57. The predicted molar refractivity (Wildman–Crippen MR) is 119 cm³/mol. The minimum atomic E-state index is -0.294. The standard InChI is InChI=1S/C23H21FN4OS/c1-14-18(9-10-19(25-14)15-4-6-16(24)7-5-15)23(29)26-17-8-11-21-20(12-17)27-22(30-21)13-28(2)3/h4-12H,13H2,1-3H3,(H,26,29). The van der Waals surface area contributed by atoms with Crippen LogP contribution < -0.4 is 5.32 Å². The van der Waals surface area contributed by atoms with E-state index in [1.165, 1.54) is 12.1 Å². The first kappa shape index (κ1) is 20.1. The van der Waals surface area contributed by atoms with Gasteiger partial charge in [-0.2, -0.15) is 0 Å². The van der Waals surface area contributed by atoms with Crippen molar-refractivity contribution in [1.82, 2.24) is 14.9 Å². The minimum Gasteiger partial charge on any atom is -0.322 e. The second kappa shape index (κ2) is 8.30. The minimum absolute atomic E-state index is 0.228. The van der Waals surface area contributed by atoms with Crippen molar-refractivity contribution in [2.45, 2.75) is 13.5 Å². The Morgan fingerprint density at radius 3 is 2.53 bits per heavy atom. The Morgan fingerprint density at radius 1 is 1.07 bits per heavy atom. The summed E-state index contributed by atoms with van der Waals surface area (Å²) >= 11 is 1.65. The number of rotatable bonds is 5. The lowest BCUT2D eigenvalue weighted by atomic mass is 10.1. The van der Waals surface area contributed by atoms with E-state index in [-0.39, 0.29) is 11.7 Å². The van der Waals surface area contributed by atoms with Crippen LogP contribution in [0.5, 0.6) is 0 Å². The number of thiazole rings is 1. The van der Waals surface area contributed by atoms with Gasteiger partial charge in [0.1, 0.15) is 10.8 Å². The Hall–Kier alpha value is -3.16. The van der Waals surface area contributed by atoms with E-state index in [1.54, 1.807) is 42.5 Å². The molecule has 0 atom stereocenters. The number of anilines is 1. The number of pyridine rings is 1. The highest BCUT2D eigenvalue weighted by Crippen LogP contribution is 2.26. The third-order valence-corrected chi connectivity index (χ3v) is 5.63. The van der Waals surface area contributed by atoms with Gasteiger partial charge in [-0.05, 0) is 75.6 Å². The molecule has 7 heteroatoms. The normalized spacial score (nSPS) is 11.2. The van der Waals surface area contributed by atoms with Crippen molar-refractivity contribution in [2.24, 2.45) is 0 Å². The second-order valence-electron chi connectivity index (χ2n) is 7.32. The highest BCUT2D eigenvalue weighted by atomic mass is 32.1. The van der Waals surface area contributed by atoms with Crippen molar-refractivity contribution in [2.75, 3.05) is 19.4 Å². The van der Waals surface area contributed by atoms with Gasteiger partial charge >= 0.3 is 0 Å². The first-order valence-electron chi connectivity index (χ1n) is 9.48. The Bertz CT molecular complexity index is 1220. The number of halogens is 1. The zero-order valence-corrected chi connectivity index (χ0v) is 17.8. The van der Waals surface area contributed by atoms with E-state index in [4.69, 9.17) is 0 Å². The molecule has 2 aromatic carbocycles. The first-order chi connectivity index (χ1) is 14.4. The maximum absolute atomic E-state index is 13.1. The van der Waals surface area contributed by atoms with Gasteiger partial charge < -0.3 is 10.2 Å². The van der Waals surface area contributed by atoms with Gasteiger partial charge in [-0.3, -0.25) is 9.78 Å². The molecule has 1 N–H and O–H groups in total. The van der Waals surface area contributed by atoms with Gasteiger partial charge in [0.15, 0.2) is 0 Å². The fourth-order valence-electron chi connectivity index (χ4n) is 3.17. The zero-order valence-electron chi connectivity index (χ0n) is 16.9. The highest BCUT2D eigenvalue weighted by molar-refractivity contribution is 7.18. The maximum Gasteiger partial charge on any atom is 0.257 e. The quantitative estimate of drug-likeness (QED) is 0.487. The average molecular weight is 421 g/mol. The summed E-state index contributed by atoms with van der Waals surface area (Å²) in [5.74, 6) is -0.522. The van der Waals surface area contributed by atoms with Gasteiger partial charge in [-0.1, -0.05) is 0 Å². The van der Waals surface area contributed by atoms with Crippen LogP contribution in [0, 0.1) is 12.7 Å². The number of aromatic nitrogens is 2. The van der Waals surface area contributed by atoms with E-state index < -0.39 is 0 Å². The van der Waals surface area contributed by atoms with Crippen molar-refractivity contribution < 1.29 is 9.18 Å². The van der Waals surface area contributed by atoms with E-state index in [2.05, 4.69) is 20.2 Å². The Morgan fingerprint density at radius 2 is 1.83 bits per heavy atom. The second-order valence-corrected chi connectivity index (χ2v) is 8.43. The van der Waals surface area contributed by atoms with Crippen LogP contribution in [0.2, 0.25) is 0 Å². The summed E-state index contributed by atoms with van der Waals surface area (Å²) in [7, 11) is 4.02. The molecule has 4 rings (SSSR count). The van der Waals surface area contributed by atoms with Crippen LogP contribution in [0.15, 0.2) is 54.6 Å². The largest absolute Gasteiger partial charge is 0.322 e. The number of carbonyl (C=O) groups is 1. The molecule has 0 unspecified atom stereocenters. The van der Waals surface area contributed by atoms with Crippen LogP contribution in [-0.4, -0.2) is 34.9 Å². The number of fused-ring (bicyclic) bond motifs is 1. The van der Waals surface area contributed by atoms with Crippen LogP contribution in [0.1, 0.15) is 21.1 Å². The van der Waals surface area contributed by atoms with Gasteiger partial charge in [-0.15, -0.1) is 11.3 Å². The molecule has 0 spiro atoms. The van der Waals surface area contributed by atoms with Gasteiger partial charge in [0.2, 0.25) is 0 Å². The third kappa shape index (κ3) is 4.37. The summed E-state index contributed by atoms with van der Waals surface area (Å²) in [6.07, 6.45) is 0. The molecule has 0 aliphatic heterocycles. The number of amides is 1. The number of aryl methyl sites for hydroxylation is 1. The lowest BCUT2D eigenvalue weighted by Crippen LogP contribution is -2.14. The van der Waals surface area contributed by atoms with Crippen LogP contribution in [-0.2, 0) is 6.54 Å². The smallest absolute Gasteiger partial charge is 0.257 e. The molecule has 0 saturated heterocycles. The first-order valence-corrected chi connectivity index (χ1v) is 10.3. The average Bonchev–Trinajstić information content (AvgIpc) is 3.09. The molecule has 0 fully saturated rings. The third-order valence-electron chi connectivity index (χ3n) is 4.61. The molecule has 4 aromatic rings. The summed E-state index contributed by atoms with van der Waals surface area (Å²) in [6.45, 7) is 2.57. The molecular weight excluding hydrogens is 399 g/mol. The lowest BCUT2D eigenvalue weighted by Gasteiger charge is -2.09. The van der Waals surface area contributed by atoms with Crippen molar-refractivity contribution in [1.29, 1.82) is 0 Å². The van der Waals surface area contributed by atoms with Crippen LogP contribution in [0.25, 0.3) is 21.5 Å². The van der Waals surface area contributed by atoms with Gasteiger partial charge in [0.25, 0.3) is 5.91 Å². The molecule has 30 heavy (non-hydrogen) atoms. The molecule has 152 valence electrons. The molecule has 0 aliphatic carbocycles. The number of nitrogens with one attached hydrogen (secondary N) is 1.